The van der Waals surface area contributed by atoms with Crippen molar-refractivity contribution in [2.24, 2.45) is 0 Å². The van der Waals surface area contributed by atoms with Crippen molar-refractivity contribution in [2.45, 2.75) is 50.9 Å². The summed E-state index contributed by atoms with van der Waals surface area (Å²) in [5.41, 5.74) is 1.19. The molecule has 1 unspecified atom stereocenters. The van der Waals surface area contributed by atoms with E-state index in [0.717, 1.165) is 55.1 Å². The first kappa shape index (κ1) is 14.3. The van der Waals surface area contributed by atoms with E-state index >= 15 is 0 Å². The summed E-state index contributed by atoms with van der Waals surface area (Å²) < 4.78 is 6.66. The second-order valence-electron chi connectivity index (χ2n) is 5.74. The maximum Gasteiger partial charge on any atom is 0.144 e. The molecule has 0 radical (unpaired) electrons. The molecule has 1 aliphatic carbocycles. The average Bonchev–Trinajstić information content (AvgIpc) is 3.32. The lowest BCUT2D eigenvalue weighted by molar-refractivity contribution is 0.0780. The van der Waals surface area contributed by atoms with Gasteiger partial charge in [0.05, 0.1) is 16.8 Å². The quantitative estimate of drug-likeness (QED) is 0.885. The van der Waals surface area contributed by atoms with Gasteiger partial charge in [-0.1, -0.05) is 6.92 Å². The Hall–Kier alpha value is -0.680. The molecule has 1 saturated carbocycles. The molecular formula is C15H22BrN3O. The van der Waals surface area contributed by atoms with Crippen LogP contribution in [0, 0.1) is 0 Å². The lowest BCUT2D eigenvalue weighted by Gasteiger charge is -2.22. The van der Waals surface area contributed by atoms with Gasteiger partial charge < -0.3 is 10.1 Å². The van der Waals surface area contributed by atoms with Crippen molar-refractivity contribution in [2.75, 3.05) is 25.1 Å². The van der Waals surface area contributed by atoms with Crippen LogP contribution >= 0.6 is 15.9 Å². The zero-order valence-corrected chi connectivity index (χ0v) is 13.6. The second kappa shape index (κ2) is 6.39. The van der Waals surface area contributed by atoms with Crippen molar-refractivity contribution in [3.63, 3.8) is 0 Å². The fourth-order valence-electron chi connectivity index (χ4n) is 2.60. The highest BCUT2D eigenvalue weighted by Gasteiger charge is 2.31. The molecule has 4 nitrogen and oxygen atoms in total. The van der Waals surface area contributed by atoms with Crippen LogP contribution in [0.4, 0.5) is 5.82 Å². The van der Waals surface area contributed by atoms with Gasteiger partial charge in [-0.3, -0.25) is 0 Å². The van der Waals surface area contributed by atoms with Crippen molar-refractivity contribution in [1.29, 1.82) is 0 Å². The predicted octanol–water partition coefficient (Wildman–Crippen LogP) is 3.83. The van der Waals surface area contributed by atoms with E-state index < -0.39 is 0 Å². The van der Waals surface area contributed by atoms with E-state index in [9.17, 15) is 0 Å². The van der Waals surface area contributed by atoms with Crippen LogP contribution in [0.2, 0.25) is 0 Å². The molecule has 1 N–H and O–H groups in total. The molecule has 0 bridgehead atoms. The van der Waals surface area contributed by atoms with Gasteiger partial charge in [-0.2, -0.15) is 0 Å². The molecule has 1 aromatic heterocycles. The largest absolute Gasteiger partial charge is 0.381 e. The van der Waals surface area contributed by atoms with E-state index in [1.165, 1.54) is 18.5 Å². The maximum atomic E-state index is 5.59. The van der Waals surface area contributed by atoms with Crippen molar-refractivity contribution in [3.05, 3.63) is 16.0 Å². The Kier molecular flexibility index (Phi) is 4.56. The number of anilines is 1. The van der Waals surface area contributed by atoms with E-state index in [4.69, 9.17) is 14.7 Å². The zero-order chi connectivity index (χ0) is 13.9. The Morgan fingerprint density at radius 1 is 1.25 bits per heavy atom. The normalized spacial score (nSPS) is 22.8. The molecule has 0 aromatic carbocycles. The van der Waals surface area contributed by atoms with Crippen molar-refractivity contribution < 1.29 is 4.74 Å². The lowest BCUT2D eigenvalue weighted by Crippen LogP contribution is -2.19. The van der Waals surface area contributed by atoms with Gasteiger partial charge in [-0.25, -0.2) is 9.97 Å². The van der Waals surface area contributed by atoms with Crippen LogP contribution < -0.4 is 5.32 Å². The molecule has 110 valence electrons. The Bertz CT molecular complexity index is 470. The molecular weight excluding hydrogens is 318 g/mol. The number of nitrogens with zero attached hydrogens (tertiary/aromatic N) is 2. The molecule has 2 heterocycles. The van der Waals surface area contributed by atoms with E-state index in [2.05, 4.69) is 28.2 Å². The number of rotatable bonds is 5. The fraction of sp³-hybridized carbons (Fsp3) is 0.733. The molecule has 0 amide bonds. The number of hydrogen-bond donors (Lipinski definition) is 1. The summed E-state index contributed by atoms with van der Waals surface area (Å²) in [5.74, 6) is 2.91. The zero-order valence-electron chi connectivity index (χ0n) is 12.0. The maximum absolute atomic E-state index is 5.59. The number of aromatic nitrogens is 2. The van der Waals surface area contributed by atoms with Crippen LogP contribution in [0.3, 0.4) is 0 Å². The van der Waals surface area contributed by atoms with Crippen molar-refractivity contribution in [1.82, 2.24) is 9.97 Å². The molecule has 1 aromatic rings. The Balaban J connectivity index is 1.89. The highest BCUT2D eigenvalue weighted by Crippen LogP contribution is 2.44. The van der Waals surface area contributed by atoms with Crippen LogP contribution in [-0.2, 0) is 4.74 Å². The molecule has 3 rings (SSSR count). The molecule has 1 saturated heterocycles. The molecule has 1 aliphatic heterocycles. The van der Waals surface area contributed by atoms with Crippen LogP contribution in [0.15, 0.2) is 4.47 Å². The smallest absolute Gasteiger partial charge is 0.144 e. The van der Waals surface area contributed by atoms with Gasteiger partial charge in [0.15, 0.2) is 0 Å². The molecule has 20 heavy (non-hydrogen) atoms. The van der Waals surface area contributed by atoms with E-state index in [-0.39, 0.29) is 0 Å². The molecule has 5 heteroatoms. The summed E-state index contributed by atoms with van der Waals surface area (Å²) in [6, 6.07) is 0. The minimum absolute atomic E-state index is 0.358. The van der Waals surface area contributed by atoms with Crippen LogP contribution in [0.25, 0.3) is 0 Å². The Morgan fingerprint density at radius 2 is 2.10 bits per heavy atom. The molecule has 2 fully saturated rings. The summed E-state index contributed by atoms with van der Waals surface area (Å²) in [6.07, 6.45) is 5.85. The lowest BCUT2D eigenvalue weighted by atomic mass is 10.0. The summed E-state index contributed by atoms with van der Waals surface area (Å²) >= 11 is 3.69. The third-order valence-electron chi connectivity index (χ3n) is 3.93. The predicted molar refractivity (Wildman–Crippen MR) is 83.3 cm³/mol. The van der Waals surface area contributed by atoms with E-state index in [0.29, 0.717) is 11.8 Å². The van der Waals surface area contributed by atoms with Gasteiger partial charge in [-0.15, -0.1) is 0 Å². The number of nitrogens with one attached hydrogen (secondary N) is 1. The first-order chi connectivity index (χ1) is 9.79. The van der Waals surface area contributed by atoms with Gasteiger partial charge in [-0.05, 0) is 48.0 Å². The number of hydrogen-bond acceptors (Lipinski definition) is 4. The molecule has 0 spiro atoms. The van der Waals surface area contributed by atoms with Crippen LogP contribution in [-0.4, -0.2) is 29.7 Å². The van der Waals surface area contributed by atoms with Crippen LogP contribution in [0.1, 0.15) is 62.4 Å². The van der Waals surface area contributed by atoms with Gasteiger partial charge in [0.25, 0.3) is 0 Å². The monoisotopic (exact) mass is 339 g/mol. The SMILES string of the molecule is CCCNc1nc(C2CCCOC2)nc(C2CC2)c1Br. The average molecular weight is 340 g/mol. The summed E-state index contributed by atoms with van der Waals surface area (Å²) in [7, 11) is 0. The standard InChI is InChI=1S/C15H22BrN3O/c1-2-7-17-15-12(16)13(10-5-6-10)18-14(19-15)11-4-3-8-20-9-11/h10-11H,2-9H2,1H3,(H,17,18,19). The fourth-order valence-corrected chi connectivity index (χ4v) is 3.24. The highest BCUT2D eigenvalue weighted by molar-refractivity contribution is 9.10. The molecule has 2 aliphatic rings. The van der Waals surface area contributed by atoms with Crippen molar-refractivity contribution in [3.8, 4) is 0 Å². The highest BCUT2D eigenvalue weighted by atomic mass is 79.9. The number of halogens is 1. The minimum Gasteiger partial charge on any atom is -0.381 e. The Morgan fingerprint density at radius 3 is 2.75 bits per heavy atom. The van der Waals surface area contributed by atoms with Gasteiger partial charge >= 0.3 is 0 Å². The summed E-state index contributed by atoms with van der Waals surface area (Å²) in [6.45, 7) is 4.75. The van der Waals surface area contributed by atoms with Gasteiger partial charge in [0.2, 0.25) is 0 Å². The first-order valence-electron chi connectivity index (χ1n) is 7.68. The Labute approximate surface area is 128 Å². The van der Waals surface area contributed by atoms with Gasteiger partial charge in [0, 0.05) is 25.0 Å². The minimum atomic E-state index is 0.358. The van der Waals surface area contributed by atoms with Gasteiger partial charge in [0.1, 0.15) is 11.6 Å². The first-order valence-corrected chi connectivity index (χ1v) is 8.47. The number of ether oxygens (including phenoxy) is 1. The summed E-state index contributed by atoms with van der Waals surface area (Å²) in [5, 5.41) is 3.43. The third kappa shape index (κ3) is 3.14. The van der Waals surface area contributed by atoms with Crippen LogP contribution in [0.5, 0.6) is 0 Å². The third-order valence-corrected chi connectivity index (χ3v) is 4.71. The molecule has 1 atom stereocenters. The van der Waals surface area contributed by atoms with E-state index in [1.807, 2.05) is 0 Å². The summed E-state index contributed by atoms with van der Waals surface area (Å²) in [4.78, 5) is 9.60. The second-order valence-corrected chi connectivity index (χ2v) is 6.54. The topological polar surface area (TPSA) is 47.0 Å². The van der Waals surface area contributed by atoms with E-state index in [1.54, 1.807) is 0 Å². The van der Waals surface area contributed by atoms with Crippen molar-refractivity contribution >= 4 is 21.7 Å².